The molecule has 0 spiro atoms. The summed E-state index contributed by atoms with van der Waals surface area (Å²) in [5, 5.41) is 2.14. The van der Waals surface area contributed by atoms with Crippen LogP contribution in [0, 0.1) is 6.92 Å². The first-order valence-electron chi connectivity index (χ1n) is 10.9. The molecule has 0 radical (unpaired) electrons. The van der Waals surface area contributed by atoms with Gasteiger partial charge in [-0.3, -0.25) is 10.1 Å². The molecule has 1 fully saturated rings. The maximum Gasteiger partial charge on any atom is 0.414 e. The number of hydrogen-bond acceptors (Lipinski definition) is 7. The van der Waals surface area contributed by atoms with E-state index in [2.05, 4.69) is 10.3 Å². The van der Waals surface area contributed by atoms with Gasteiger partial charge in [0.2, 0.25) is 5.89 Å². The van der Waals surface area contributed by atoms with Crippen LogP contribution in [0.1, 0.15) is 36.3 Å². The SMILES string of the molecule is COc1cc(CCCCC2OC(=O)NC2=O)ccc1OCc1nc(-c2ccccc2)oc1C. The maximum atomic E-state index is 11.5. The summed E-state index contributed by atoms with van der Waals surface area (Å²) in [5.41, 5.74) is 2.74. The smallest absolute Gasteiger partial charge is 0.414 e. The third-order valence-corrected chi connectivity index (χ3v) is 5.45. The van der Waals surface area contributed by atoms with Crippen LogP contribution in [-0.4, -0.2) is 30.2 Å². The Labute approximate surface area is 191 Å². The van der Waals surface area contributed by atoms with Gasteiger partial charge in [0.25, 0.3) is 5.91 Å². The lowest BCUT2D eigenvalue weighted by molar-refractivity contribution is -0.123. The fourth-order valence-corrected chi connectivity index (χ4v) is 3.64. The van der Waals surface area contributed by atoms with E-state index in [-0.39, 0.29) is 12.5 Å². The average molecular weight is 450 g/mol. The van der Waals surface area contributed by atoms with Gasteiger partial charge in [0.05, 0.1) is 7.11 Å². The van der Waals surface area contributed by atoms with Crippen LogP contribution in [-0.2, 0) is 22.6 Å². The lowest BCUT2D eigenvalue weighted by Crippen LogP contribution is -2.24. The Morgan fingerprint density at radius 2 is 1.88 bits per heavy atom. The number of carbonyl (C=O) groups is 2. The summed E-state index contributed by atoms with van der Waals surface area (Å²) in [4.78, 5) is 27.2. The molecule has 0 bridgehead atoms. The van der Waals surface area contributed by atoms with Gasteiger partial charge in [-0.2, -0.15) is 0 Å². The number of carbonyl (C=O) groups excluding carboxylic acids is 2. The third-order valence-electron chi connectivity index (χ3n) is 5.45. The first-order chi connectivity index (χ1) is 16.0. The third kappa shape index (κ3) is 5.52. The van der Waals surface area contributed by atoms with Crippen LogP contribution in [0.4, 0.5) is 4.79 Å². The monoisotopic (exact) mass is 450 g/mol. The number of methoxy groups -OCH3 is 1. The highest BCUT2D eigenvalue weighted by molar-refractivity contribution is 5.99. The van der Waals surface area contributed by atoms with Crippen molar-refractivity contribution in [1.82, 2.24) is 10.3 Å². The number of rotatable bonds is 10. The van der Waals surface area contributed by atoms with Crippen molar-refractivity contribution in [2.75, 3.05) is 7.11 Å². The highest BCUT2D eigenvalue weighted by atomic mass is 16.6. The minimum Gasteiger partial charge on any atom is -0.493 e. The molecule has 2 amide bonds. The number of imide groups is 1. The molecule has 8 nitrogen and oxygen atoms in total. The van der Waals surface area contributed by atoms with Crippen LogP contribution in [0.5, 0.6) is 11.5 Å². The molecular formula is C25H26N2O6. The van der Waals surface area contributed by atoms with E-state index < -0.39 is 12.2 Å². The van der Waals surface area contributed by atoms with Crippen molar-refractivity contribution in [1.29, 1.82) is 0 Å². The lowest BCUT2D eigenvalue weighted by atomic mass is 10.0. The zero-order valence-electron chi connectivity index (χ0n) is 18.6. The number of benzene rings is 2. The molecule has 8 heteroatoms. The van der Waals surface area contributed by atoms with E-state index in [1.807, 2.05) is 55.5 Å². The molecule has 4 rings (SSSR count). The molecule has 3 aromatic rings. The quantitative estimate of drug-likeness (QED) is 0.451. The molecule has 1 aromatic heterocycles. The second-order valence-electron chi connectivity index (χ2n) is 7.79. The number of aromatic nitrogens is 1. The van der Waals surface area contributed by atoms with Crippen molar-refractivity contribution in [2.45, 2.75) is 45.3 Å². The minimum absolute atomic E-state index is 0.264. The highest BCUT2D eigenvalue weighted by Gasteiger charge is 2.31. The summed E-state index contributed by atoms with van der Waals surface area (Å²) in [6.45, 7) is 2.13. The van der Waals surface area contributed by atoms with Gasteiger partial charge in [-0.1, -0.05) is 24.3 Å². The van der Waals surface area contributed by atoms with Gasteiger partial charge in [0, 0.05) is 5.56 Å². The molecule has 1 atom stereocenters. The predicted molar refractivity (Wildman–Crippen MR) is 120 cm³/mol. The van der Waals surface area contributed by atoms with Crippen LogP contribution in [0.15, 0.2) is 52.9 Å². The van der Waals surface area contributed by atoms with Crippen LogP contribution < -0.4 is 14.8 Å². The number of ether oxygens (including phenoxy) is 3. The Bertz CT molecular complexity index is 1130. The number of oxazole rings is 1. The van der Waals surface area contributed by atoms with Crippen LogP contribution in [0.3, 0.4) is 0 Å². The van der Waals surface area contributed by atoms with Crippen LogP contribution in [0.25, 0.3) is 11.5 Å². The molecule has 1 aliphatic heterocycles. The van der Waals surface area contributed by atoms with E-state index in [1.165, 1.54) is 0 Å². The standard InChI is InChI=1S/C25H26N2O6/c1-16-19(26-24(32-16)18-9-4-3-5-10-18)15-31-20-13-12-17(14-22(20)30-2)8-6-7-11-21-23(28)27-25(29)33-21/h3-5,9-10,12-14,21H,6-8,11,15H2,1-2H3,(H,27,28,29). The zero-order chi connectivity index (χ0) is 23.2. The van der Waals surface area contributed by atoms with Gasteiger partial charge in [-0.25, -0.2) is 9.78 Å². The average Bonchev–Trinajstić information content (AvgIpc) is 3.36. The number of nitrogens with one attached hydrogen (secondary N) is 1. The largest absolute Gasteiger partial charge is 0.493 e. The van der Waals surface area contributed by atoms with E-state index in [9.17, 15) is 9.59 Å². The van der Waals surface area contributed by atoms with Crippen molar-refractivity contribution in [2.24, 2.45) is 0 Å². The summed E-state index contributed by atoms with van der Waals surface area (Å²) in [6.07, 6.45) is 1.60. The van der Waals surface area contributed by atoms with Gasteiger partial charge < -0.3 is 18.6 Å². The van der Waals surface area contributed by atoms with Crippen LogP contribution in [0.2, 0.25) is 0 Å². The molecule has 0 saturated carbocycles. The van der Waals surface area contributed by atoms with Crippen molar-refractivity contribution >= 4 is 12.0 Å². The van der Waals surface area contributed by atoms with E-state index in [0.29, 0.717) is 29.6 Å². The van der Waals surface area contributed by atoms with Gasteiger partial charge in [-0.05, 0) is 62.4 Å². The molecule has 1 unspecified atom stereocenters. The Balaban J connectivity index is 1.31. The van der Waals surface area contributed by atoms with Crippen molar-refractivity contribution in [3.8, 4) is 23.0 Å². The maximum absolute atomic E-state index is 11.5. The van der Waals surface area contributed by atoms with E-state index >= 15 is 0 Å². The number of aryl methyl sites for hydroxylation is 2. The number of nitrogens with zero attached hydrogens (tertiary/aromatic N) is 1. The molecule has 1 N–H and O–H groups in total. The van der Waals surface area contributed by atoms with E-state index in [0.717, 1.165) is 36.1 Å². The lowest BCUT2D eigenvalue weighted by Gasteiger charge is -2.12. The van der Waals surface area contributed by atoms with Gasteiger partial charge in [-0.15, -0.1) is 0 Å². The van der Waals surface area contributed by atoms with Crippen molar-refractivity contribution < 1.29 is 28.2 Å². The molecule has 33 heavy (non-hydrogen) atoms. The number of alkyl carbamates (subject to hydrolysis) is 1. The fraction of sp³-hybridized carbons (Fsp3) is 0.320. The topological polar surface area (TPSA) is 99.9 Å². The van der Waals surface area contributed by atoms with Gasteiger partial charge >= 0.3 is 6.09 Å². The summed E-state index contributed by atoms with van der Waals surface area (Å²) < 4.78 is 22.2. The van der Waals surface area contributed by atoms with E-state index in [4.69, 9.17) is 18.6 Å². The molecule has 2 aromatic carbocycles. The summed E-state index contributed by atoms with van der Waals surface area (Å²) in [5.74, 6) is 2.19. The van der Waals surface area contributed by atoms with Crippen molar-refractivity contribution in [3.63, 3.8) is 0 Å². The fourth-order valence-electron chi connectivity index (χ4n) is 3.64. The second-order valence-corrected chi connectivity index (χ2v) is 7.79. The van der Waals surface area contributed by atoms with Gasteiger partial charge in [0.15, 0.2) is 17.6 Å². The van der Waals surface area contributed by atoms with Gasteiger partial charge in [0.1, 0.15) is 18.1 Å². The Morgan fingerprint density at radius 3 is 2.61 bits per heavy atom. The molecular weight excluding hydrogens is 424 g/mol. The molecule has 1 aliphatic rings. The number of hydrogen-bond donors (Lipinski definition) is 1. The second kappa shape index (κ2) is 10.2. The van der Waals surface area contributed by atoms with Crippen LogP contribution >= 0.6 is 0 Å². The predicted octanol–water partition coefficient (Wildman–Crippen LogP) is 4.59. The van der Waals surface area contributed by atoms with E-state index in [1.54, 1.807) is 7.11 Å². The Morgan fingerprint density at radius 1 is 1.06 bits per heavy atom. The Kier molecular flexibility index (Phi) is 6.92. The number of cyclic esters (lactones) is 1. The molecule has 0 aliphatic carbocycles. The molecule has 172 valence electrons. The zero-order valence-corrected chi connectivity index (χ0v) is 18.6. The first-order valence-corrected chi connectivity index (χ1v) is 10.9. The minimum atomic E-state index is -0.676. The highest BCUT2D eigenvalue weighted by Crippen LogP contribution is 2.30. The first kappa shape index (κ1) is 22.4. The normalized spacial score (nSPS) is 15.3. The Hall–Kier alpha value is -3.81. The van der Waals surface area contributed by atoms with Crippen molar-refractivity contribution in [3.05, 3.63) is 65.5 Å². The summed E-state index contributed by atoms with van der Waals surface area (Å²) >= 11 is 0. The summed E-state index contributed by atoms with van der Waals surface area (Å²) in [6, 6.07) is 15.6. The number of amides is 2. The molecule has 2 heterocycles. The number of unbranched alkanes of at least 4 members (excludes halogenated alkanes) is 1. The summed E-state index contributed by atoms with van der Waals surface area (Å²) in [7, 11) is 1.61. The molecule has 1 saturated heterocycles.